The van der Waals surface area contributed by atoms with Gasteiger partial charge < -0.3 is 10.6 Å². The fraction of sp³-hybridized carbons (Fsp3) is 0.409. The SMILES string of the molecule is CCC(=O)[C@H](C)NC(=O)[C@@H](NC(=O)Cc1ccc(N2C(=O)C=CC2=O)cc1)C(C)C. The molecule has 30 heavy (non-hydrogen) atoms. The van der Waals surface area contributed by atoms with Crippen molar-refractivity contribution in [2.45, 2.75) is 52.6 Å². The summed E-state index contributed by atoms with van der Waals surface area (Å²) < 4.78 is 0. The largest absolute Gasteiger partial charge is 0.345 e. The van der Waals surface area contributed by atoms with E-state index in [0.29, 0.717) is 17.7 Å². The van der Waals surface area contributed by atoms with E-state index in [9.17, 15) is 24.0 Å². The molecule has 0 saturated heterocycles. The molecule has 0 aromatic heterocycles. The minimum atomic E-state index is -0.769. The molecule has 0 aliphatic carbocycles. The topological polar surface area (TPSA) is 113 Å². The minimum Gasteiger partial charge on any atom is -0.345 e. The highest BCUT2D eigenvalue weighted by molar-refractivity contribution is 6.28. The summed E-state index contributed by atoms with van der Waals surface area (Å²) in [5.74, 6) is -1.82. The molecule has 0 saturated carbocycles. The van der Waals surface area contributed by atoms with E-state index in [1.807, 2.05) is 13.8 Å². The Morgan fingerprint density at radius 3 is 2.00 bits per heavy atom. The third kappa shape index (κ3) is 5.62. The Balaban J connectivity index is 1.98. The molecule has 8 nitrogen and oxygen atoms in total. The summed E-state index contributed by atoms with van der Waals surface area (Å²) in [5, 5.41) is 5.37. The fourth-order valence-electron chi connectivity index (χ4n) is 3.05. The molecule has 0 bridgehead atoms. The zero-order valence-corrected chi connectivity index (χ0v) is 17.6. The average Bonchev–Trinajstić information content (AvgIpc) is 3.03. The second-order valence-electron chi connectivity index (χ2n) is 7.53. The average molecular weight is 413 g/mol. The molecule has 2 atom stereocenters. The monoisotopic (exact) mass is 413 g/mol. The summed E-state index contributed by atoms with van der Waals surface area (Å²) in [7, 11) is 0. The maximum absolute atomic E-state index is 12.5. The summed E-state index contributed by atoms with van der Waals surface area (Å²) in [6, 6.07) is 5.11. The fourth-order valence-corrected chi connectivity index (χ4v) is 3.05. The second-order valence-corrected chi connectivity index (χ2v) is 7.53. The second kappa shape index (κ2) is 9.96. The molecule has 1 heterocycles. The first-order valence-corrected chi connectivity index (χ1v) is 9.91. The molecular weight excluding hydrogens is 386 g/mol. The van der Waals surface area contributed by atoms with Crippen molar-refractivity contribution in [3.05, 3.63) is 42.0 Å². The minimum absolute atomic E-state index is 0.0281. The molecule has 0 radical (unpaired) electrons. The number of Topliss-reactive ketones (excluding diaryl/α,β-unsaturated/α-hetero) is 1. The molecule has 8 heteroatoms. The van der Waals surface area contributed by atoms with Gasteiger partial charge in [0.25, 0.3) is 11.8 Å². The predicted octanol–water partition coefficient (Wildman–Crippen LogP) is 1.28. The number of rotatable bonds is 9. The quantitative estimate of drug-likeness (QED) is 0.592. The molecule has 0 unspecified atom stereocenters. The lowest BCUT2D eigenvalue weighted by Crippen LogP contribution is -2.53. The van der Waals surface area contributed by atoms with Crippen molar-refractivity contribution in [1.29, 1.82) is 0 Å². The first kappa shape index (κ1) is 23.0. The van der Waals surface area contributed by atoms with Crippen molar-refractivity contribution in [1.82, 2.24) is 10.6 Å². The van der Waals surface area contributed by atoms with Gasteiger partial charge >= 0.3 is 0 Å². The molecule has 2 rings (SSSR count). The molecule has 1 aromatic rings. The van der Waals surface area contributed by atoms with Crippen molar-refractivity contribution in [2.75, 3.05) is 4.90 Å². The maximum atomic E-state index is 12.5. The Bertz CT molecular complexity index is 855. The Kier molecular flexibility index (Phi) is 7.63. The number of benzene rings is 1. The Morgan fingerprint density at radius 1 is 0.933 bits per heavy atom. The van der Waals surface area contributed by atoms with E-state index in [4.69, 9.17) is 0 Å². The van der Waals surface area contributed by atoms with Gasteiger partial charge in [-0.15, -0.1) is 0 Å². The van der Waals surface area contributed by atoms with Crippen LogP contribution in [-0.2, 0) is 30.4 Å². The summed E-state index contributed by atoms with van der Waals surface area (Å²) in [4.78, 5) is 61.2. The van der Waals surface area contributed by atoms with Gasteiger partial charge in [-0.3, -0.25) is 24.0 Å². The number of imide groups is 1. The number of amides is 4. The van der Waals surface area contributed by atoms with Crippen LogP contribution in [0.25, 0.3) is 0 Å². The number of anilines is 1. The first-order chi connectivity index (χ1) is 14.1. The number of hydrogen-bond acceptors (Lipinski definition) is 5. The lowest BCUT2D eigenvalue weighted by molar-refractivity contribution is -0.132. The summed E-state index contributed by atoms with van der Waals surface area (Å²) in [6.07, 6.45) is 2.76. The van der Waals surface area contributed by atoms with Crippen molar-refractivity contribution in [2.24, 2.45) is 5.92 Å². The third-order valence-electron chi connectivity index (χ3n) is 4.82. The van der Waals surface area contributed by atoms with Crippen LogP contribution in [0.3, 0.4) is 0 Å². The lowest BCUT2D eigenvalue weighted by atomic mass is 10.0. The van der Waals surface area contributed by atoms with Gasteiger partial charge in [0, 0.05) is 18.6 Å². The summed E-state index contributed by atoms with van der Waals surface area (Å²) in [6.45, 7) is 6.97. The zero-order chi connectivity index (χ0) is 22.4. The van der Waals surface area contributed by atoms with Crippen molar-refractivity contribution < 1.29 is 24.0 Å². The van der Waals surface area contributed by atoms with Crippen LogP contribution in [0.4, 0.5) is 5.69 Å². The number of carbonyl (C=O) groups is 5. The number of nitrogens with zero attached hydrogens (tertiary/aromatic N) is 1. The smallest absolute Gasteiger partial charge is 0.258 e. The summed E-state index contributed by atoms with van der Waals surface area (Å²) >= 11 is 0. The molecule has 1 aliphatic rings. The lowest BCUT2D eigenvalue weighted by Gasteiger charge is -2.23. The normalized spacial score (nSPS) is 15.3. The molecule has 4 amide bonds. The molecule has 1 aliphatic heterocycles. The van der Waals surface area contributed by atoms with Crippen LogP contribution < -0.4 is 15.5 Å². The maximum Gasteiger partial charge on any atom is 0.258 e. The van der Waals surface area contributed by atoms with E-state index in [1.165, 1.54) is 12.2 Å². The molecule has 2 N–H and O–H groups in total. The van der Waals surface area contributed by atoms with E-state index in [-0.39, 0.29) is 24.0 Å². The zero-order valence-electron chi connectivity index (χ0n) is 17.6. The van der Waals surface area contributed by atoms with Gasteiger partial charge in [0.2, 0.25) is 11.8 Å². The van der Waals surface area contributed by atoms with Crippen molar-refractivity contribution >= 4 is 35.1 Å². The van der Waals surface area contributed by atoms with Crippen molar-refractivity contribution in [3.8, 4) is 0 Å². The Labute approximate surface area is 175 Å². The molecule has 0 spiro atoms. The molecule has 0 fully saturated rings. The van der Waals surface area contributed by atoms with E-state index < -0.39 is 29.8 Å². The predicted molar refractivity (Wildman–Crippen MR) is 111 cm³/mol. The van der Waals surface area contributed by atoms with E-state index in [2.05, 4.69) is 10.6 Å². The van der Waals surface area contributed by atoms with Crippen LogP contribution in [0.15, 0.2) is 36.4 Å². The third-order valence-corrected chi connectivity index (χ3v) is 4.82. The van der Waals surface area contributed by atoms with Crippen LogP contribution in [0.5, 0.6) is 0 Å². The van der Waals surface area contributed by atoms with Gasteiger partial charge in [0.15, 0.2) is 5.78 Å². The highest BCUT2D eigenvalue weighted by atomic mass is 16.2. The number of ketones is 1. The van der Waals surface area contributed by atoms with Crippen LogP contribution in [0, 0.1) is 5.92 Å². The van der Waals surface area contributed by atoms with Gasteiger partial charge in [-0.1, -0.05) is 32.9 Å². The van der Waals surface area contributed by atoms with Crippen LogP contribution in [-0.4, -0.2) is 41.5 Å². The first-order valence-electron chi connectivity index (χ1n) is 9.91. The number of nitrogens with one attached hydrogen (secondary N) is 2. The summed E-state index contributed by atoms with van der Waals surface area (Å²) in [5.41, 5.74) is 1.09. The highest BCUT2D eigenvalue weighted by Gasteiger charge is 2.27. The van der Waals surface area contributed by atoms with Crippen LogP contribution in [0.2, 0.25) is 0 Å². The Hall–Kier alpha value is -3.29. The van der Waals surface area contributed by atoms with E-state index >= 15 is 0 Å². The molecule has 160 valence electrons. The molecular formula is C22H27N3O5. The van der Waals surface area contributed by atoms with Gasteiger partial charge in [-0.2, -0.15) is 0 Å². The van der Waals surface area contributed by atoms with Gasteiger partial charge in [-0.25, -0.2) is 4.90 Å². The van der Waals surface area contributed by atoms with E-state index in [0.717, 1.165) is 4.90 Å². The van der Waals surface area contributed by atoms with Crippen molar-refractivity contribution in [3.63, 3.8) is 0 Å². The Morgan fingerprint density at radius 2 is 1.50 bits per heavy atom. The van der Waals surface area contributed by atoms with Gasteiger partial charge in [0.05, 0.1) is 18.2 Å². The van der Waals surface area contributed by atoms with Gasteiger partial charge in [0.1, 0.15) is 6.04 Å². The van der Waals surface area contributed by atoms with Gasteiger partial charge in [-0.05, 0) is 30.5 Å². The van der Waals surface area contributed by atoms with Crippen LogP contribution in [0.1, 0.15) is 39.7 Å². The highest BCUT2D eigenvalue weighted by Crippen LogP contribution is 2.19. The standard InChI is InChI=1S/C22H27N3O5/c1-5-17(26)14(4)23-22(30)21(13(2)3)24-18(27)12-15-6-8-16(9-7-15)25-19(28)10-11-20(25)29/h6-11,13-14,21H,5,12H2,1-4H3,(H,23,30)(H,24,27)/t14-,21-/m0/s1. The van der Waals surface area contributed by atoms with E-state index in [1.54, 1.807) is 38.1 Å². The molecule has 1 aromatic carbocycles. The number of carbonyl (C=O) groups excluding carboxylic acids is 5. The van der Waals surface area contributed by atoms with Crippen LogP contribution >= 0.6 is 0 Å². The number of hydrogen-bond donors (Lipinski definition) is 2.